The van der Waals surface area contributed by atoms with Crippen molar-refractivity contribution in [3.8, 4) is 0 Å². The zero-order valence-electron chi connectivity index (χ0n) is 9.57. The van der Waals surface area contributed by atoms with E-state index in [1.54, 1.807) is 23.5 Å². The minimum Gasteiger partial charge on any atom is -0.388 e. The Labute approximate surface area is 105 Å². The molecule has 0 bridgehead atoms. The molecule has 0 aliphatic carbocycles. The third-order valence-electron chi connectivity index (χ3n) is 2.47. The van der Waals surface area contributed by atoms with Gasteiger partial charge in [-0.05, 0) is 11.5 Å². The molecule has 4 atom stereocenters. The molecule has 0 aromatic rings. The van der Waals surface area contributed by atoms with Crippen molar-refractivity contribution in [3.63, 3.8) is 0 Å². The molecular formula is C10H20O4S2. The number of hydrogen-bond acceptors (Lipinski definition) is 6. The van der Waals surface area contributed by atoms with Crippen LogP contribution >= 0.6 is 23.5 Å². The molecule has 0 saturated carbocycles. The predicted molar refractivity (Wildman–Crippen MR) is 67.8 cm³/mol. The second-order valence-corrected chi connectivity index (χ2v) is 6.76. The van der Waals surface area contributed by atoms with E-state index in [4.69, 9.17) is 4.74 Å². The lowest BCUT2D eigenvalue weighted by Crippen LogP contribution is -2.43. The van der Waals surface area contributed by atoms with Gasteiger partial charge in [-0.3, -0.25) is 0 Å². The number of aliphatic hydroxyl groups excluding tert-OH is 3. The van der Waals surface area contributed by atoms with Crippen molar-refractivity contribution in [1.82, 2.24) is 0 Å². The highest BCUT2D eigenvalue weighted by molar-refractivity contribution is 8.17. The molecular weight excluding hydrogens is 248 g/mol. The van der Waals surface area contributed by atoms with Crippen LogP contribution in [-0.4, -0.2) is 62.4 Å². The monoisotopic (exact) mass is 268 g/mol. The van der Waals surface area contributed by atoms with E-state index in [2.05, 4.69) is 0 Å². The van der Waals surface area contributed by atoms with E-state index in [0.717, 1.165) is 11.5 Å². The second-order valence-electron chi connectivity index (χ2n) is 3.63. The predicted octanol–water partition coefficient (Wildman–Crippen LogP) is 0.300. The van der Waals surface area contributed by atoms with Crippen molar-refractivity contribution >= 4 is 23.5 Å². The fraction of sp³-hybridized carbons (Fsp3) is 1.00. The van der Waals surface area contributed by atoms with Crippen molar-refractivity contribution in [2.24, 2.45) is 0 Å². The molecule has 1 saturated heterocycles. The van der Waals surface area contributed by atoms with Crippen molar-refractivity contribution in [3.05, 3.63) is 0 Å². The molecule has 3 N–H and O–H groups in total. The summed E-state index contributed by atoms with van der Waals surface area (Å²) in [5.41, 5.74) is 0. The molecule has 0 radical (unpaired) electrons. The highest BCUT2D eigenvalue weighted by Gasteiger charge is 2.42. The Morgan fingerprint density at radius 3 is 2.19 bits per heavy atom. The van der Waals surface area contributed by atoms with Gasteiger partial charge < -0.3 is 20.1 Å². The average Bonchev–Trinajstić information content (AvgIpc) is 2.59. The minimum atomic E-state index is -0.979. The summed E-state index contributed by atoms with van der Waals surface area (Å²) < 4.78 is 5.22. The highest BCUT2D eigenvalue weighted by Crippen LogP contribution is 2.31. The van der Waals surface area contributed by atoms with E-state index in [9.17, 15) is 15.3 Å². The minimum absolute atomic E-state index is 0.0139. The molecule has 1 rings (SSSR count). The number of rotatable bonds is 6. The fourth-order valence-corrected chi connectivity index (χ4v) is 4.22. The van der Waals surface area contributed by atoms with E-state index in [1.807, 2.05) is 13.8 Å². The summed E-state index contributed by atoms with van der Waals surface area (Å²) in [5.74, 6) is 1.81. The molecule has 4 nitrogen and oxygen atoms in total. The Morgan fingerprint density at radius 1 is 1.25 bits per heavy atom. The summed E-state index contributed by atoms with van der Waals surface area (Å²) in [6.07, 6.45) is -3.27. The smallest absolute Gasteiger partial charge is 0.114 e. The van der Waals surface area contributed by atoms with Gasteiger partial charge in [0.1, 0.15) is 24.4 Å². The standard InChI is InChI=1S/C10H20O4S2/c1-3-15-10(16-4-2)8(13)9-7(12)6(11)5-14-9/h6-13H,3-5H2,1-2H3/t6-,7+,8-,9+/m0/s1. The lowest BCUT2D eigenvalue weighted by molar-refractivity contribution is -0.0438. The van der Waals surface area contributed by atoms with Crippen LogP contribution < -0.4 is 0 Å². The lowest BCUT2D eigenvalue weighted by atomic mass is 10.1. The van der Waals surface area contributed by atoms with E-state index < -0.39 is 24.4 Å². The number of aliphatic hydroxyl groups is 3. The number of ether oxygens (including phenoxy) is 1. The van der Waals surface area contributed by atoms with Crippen LogP contribution in [0.1, 0.15) is 13.8 Å². The lowest BCUT2D eigenvalue weighted by Gasteiger charge is -2.27. The second kappa shape index (κ2) is 7.08. The zero-order valence-corrected chi connectivity index (χ0v) is 11.2. The average molecular weight is 268 g/mol. The molecule has 1 heterocycles. The Kier molecular flexibility index (Phi) is 6.46. The molecule has 16 heavy (non-hydrogen) atoms. The fourth-order valence-electron chi connectivity index (χ4n) is 1.66. The molecule has 1 fully saturated rings. The van der Waals surface area contributed by atoms with E-state index in [0.29, 0.717) is 0 Å². The van der Waals surface area contributed by atoms with Crippen LogP contribution in [0, 0.1) is 0 Å². The van der Waals surface area contributed by atoms with Gasteiger partial charge in [0.15, 0.2) is 0 Å². The summed E-state index contributed by atoms with van der Waals surface area (Å²) >= 11 is 3.28. The van der Waals surface area contributed by atoms with Gasteiger partial charge in [0, 0.05) is 0 Å². The van der Waals surface area contributed by atoms with Gasteiger partial charge in [0.25, 0.3) is 0 Å². The Bertz CT molecular complexity index is 199. The van der Waals surface area contributed by atoms with Gasteiger partial charge in [-0.2, -0.15) is 0 Å². The van der Waals surface area contributed by atoms with Crippen LogP contribution in [0.25, 0.3) is 0 Å². The summed E-state index contributed by atoms with van der Waals surface area (Å²) in [7, 11) is 0. The molecule has 0 unspecified atom stereocenters. The van der Waals surface area contributed by atoms with E-state index in [-0.39, 0.29) is 11.2 Å². The maximum absolute atomic E-state index is 10.1. The summed E-state index contributed by atoms with van der Waals surface area (Å²) in [6.45, 7) is 4.16. The van der Waals surface area contributed by atoms with Crippen LogP contribution in [0.3, 0.4) is 0 Å². The topological polar surface area (TPSA) is 69.9 Å². The highest BCUT2D eigenvalue weighted by atomic mass is 32.2. The van der Waals surface area contributed by atoms with Crippen LogP contribution in [0.4, 0.5) is 0 Å². The Morgan fingerprint density at radius 2 is 1.81 bits per heavy atom. The molecule has 0 aromatic carbocycles. The first-order valence-electron chi connectivity index (χ1n) is 5.50. The number of thioether (sulfide) groups is 2. The van der Waals surface area contributed by atoms with E-state index >= 15 is 0 Å². The number of hydrogen-bond donors (Lipinski definition) is 3. The van der Waals surface area contributed by atoms with Gasteiger partial charge in [-0.15, -0.1) is 23.5 Å². The summed E-state index contributed by atoms with van der Waals surface area (Å²) in [6, 6.07) is 0. The molecule has 0 spiro atoms. The maximum Gasteiger partial charge on any atom is 0.114 e. The normalized spacial score (nSPS) is 32.2. The van der Waals surface area contributed by atoms with Crippen LogP contribution in [-0.2, 0) is 4.74 Å². The van der Waals surface area contributed by atoms with Crippen molar-refractivity contribution < 1.29 is 20.1 Å². The Hall–Kier alpha value is 0.540. The quantitative estimate of drug-likeness (QED) is 0.602. The molecule has 96 valence electrons. The maximum atomic E-state index is 10.1. The molecule has 6 heteroatoms. The summed E-state index contributed by atoms with van der Waals surface area (Å²) in [4.78, 5) is 0. The third-order valence-corrected chi connectivity index (χ3v) is 5.17. The van der Waals surface area contributed by atoms with Crippen LogP contribution in [0.2, 0.25) is 0 Å². The molecule has 0 amide bonds. The third kappa shape index (κ3) is 3.51. The van der Waals surface area contributed by atoms with Gasteiger partial charge in [0.2, 0.25) is 0 Å². The van der Waals surface area contributed by atoms with E-state index in [1.165, 1.54) is 0 Å². The molecule has 0 aromatic heterocycles. The van der Waals surface area contributed by atoms with Gasteiger partial charge in [-0.1, -0.05) is 13.8 Å². The van der Waals surface area contributed by atoms with Crippen LogP contribution in [0.5, 0.6) is 0 Å². The van der Waals surface area contributed by atoms with Gasteiger partial charge >= 0.3 is 0 Å². The Balaban J connectivity index is 2.55. The zero-order chi connectivity index (χ0) is 12.1. The summed E-state index contributed by atoms with van der Waals surface area (Å²) in [5, 5.41) is 29.1. The van der Waals surface area contributed by atoms with Gasteiger partial charge in [-0.25, -0.2) is 0 Å². The SMILES string of the molecule is CCSC(SCC)[C@@H](O)[C@@H]1OC[C@H](O)[C@H]1O. The first-order valence-corrected chi connectivity index (χ1v) is 7.60. The molecule has 1 aliphatic rings. The first kappa shape index (κ1) is 14.6. The van der Waals surface area contributed by atoms with Gasteiger partial charge in [0.05, 0.1) is 11.2 Å². The van der Waals surface area contributed by atoms with Crippen molar-refractivity contribution in [2.75, 3.05) is 18.1 Å². The van der Waals surface area contributed by atoms with Crippen LogP contribution in [0.15, 0.2) is 0 Å². The largest absolute Gasteiger partial charge is 0.388 e. The van der Waals surface area contributed by atoms with Crippen molar-refractivity contribution in [1.29, 1.82) is 0 Å². The first-order chi connectivity index (χ1) is 7.61. The molecule has 1 aliphatic heterocycles. The van der Waals surface area contributed by atoms with Crippen molar-refractivity contribution in [2.45, 2.75) is 42.8 Å².